The lowest BCUT2D eigenvalue weighted by molar-refractivity contribution is -0.168. The molecule has 0 saturated carbocycles. The molecule has 2 unspecified atom stereocenters. The number of carbonyl (C=O) groups excluding carboxylic acids is 2. The van der Waals surface area contributed by atoms with Crippen molar-refractivity contribution >= 4 is 341 Å². The van der Waals surface area contributed by atoms with Crippen LogP contribution in [0.4, 0.5) is 0 Å². The third kappa shape index (κ3) is 29.4. The molecule has 0 aromatic heterocycles. The Morgan fingerprint density at radius 2 is 0.547 bits per heavy atom. The summed E-state index contributed by atoms with van der Waals surface area (Å²) >= 11 is 0. The van der Waals surface area contributed by atoms with Gasteiger partial charge in [-0.2, -0.15) is 0 Å². The summed E-state index contributed by atoms with van der Waals surface area (Å²) < 4.78 is 512. The Kier molecular flexibility index (Phi) is 45.1. The molecule has 0 N–H and O–H groups in total. The normalized spacial score (nSPS) is 11.8. The number of carbonyl (C=O) groups is 2. The molecule has 0 heterocycles. The van der Waals surface area contributed by atoms with Gasteiger partial charge in [-0.05, 0) is 72.1 Å². The van der Waals surface area contributed by atoms with Gasteiger partial charge in [0.05, 0.1) is 13.7 Å². The molecule has 0 spiro atoms. The van der Waals surface area contributed by atoms with Crippen molar-refractivity contribution in [1.29, 1.82) is 0 Å². The monoisotopic (exact) mass is 2170 g/mol. The summed E-state index contributed by atoms with van der Waals surface area (Å²) in [4.78, 5) is 24.5. The Morgan fingerprint density at radius 3 is 0.783 bits per heavy atom. The van der Waals surface area contributed by atoms with E-state index in [1.54, 1.807) is 26.2 Å². The van der Waals surface area contributed by atoms with Crippen LogP contribution in [0.5, 0.6) is 0 Å². The average molecular weight is 2170 g/mol. The highest BCUT2D eigenvalue weighted by atomic mass is 30.1. The van der Waals surface area contributed by atoms with E-state index in [9.17, 15) is 175 Å². The number of esters is 2. The fourth-order valence-corrected chi connectivity index (χ4v) is 457. The van der Waals surface area contributed by atoms with E-state index in [4.69, 9.17) is 21.2 Å². The van der Waals surface area contributed by atoms with Crippen molar-refractivity contribution < 1.29 is 201 Å². The zero-order valence-corrected chi connectivity index (χ0v) is 98.2. The second kappa shape index (κ2) is 45.0. The van der Waals surface area contributed by atoms with Crippen molar-refractivity contribution in [3.63, 3.8) is 0 Å². The number of hydrogen-bond donors (Lipinski definition) is 0. The smallest absolute Gasteiger partial charge is 0.533 e. The topological polar surface area (TPSA) is 721 Å². The summed E-state index contributed by atoms with van der Waals surface area (Å²) in [5.41, 5.74) is -1.66. The van der Waals surface area contributed by atoms with Crippen LogP contribution < -0.4 is 0 Å². The van der Waals surface area contributed by atoms with Crippen molar-refractivity contribution in [2.75, 3.05) is 13.7 Å². The molecule has 0 saturated heterocycles. The molecule has 0 radical (unpaired) electrons. The second-order valence-corrected chi connectivity index (χ2v) is 225. The minimum Gasteiger partial charge on any atom is -0.575 e. The van der Waals surface area contributed by atoms with E-state index in [-0.39, 0.29) is 19.1 Å². The standard InChI is InChI=1S/C19H46O45Si42/c1-19(2,17(20)59-3)18(21)60-15-14-16-106(13,64-103(5,6)7)62-65(4)61-66(22)68(24)70(26)72(28)74(30)76(32)78(34)80(36)82(38)85(41)88(44)90(46)92(48)94(50)96(52)98(54)100(56)102(58)105(11,12)63-67(23)69(25)71(27)73(29)75(31)77(33)79(35)81(37)83(39)84(40)86(42)87(43)89(45)91(47)93(49)95(51)97(53)99(55)101(57)104(8,9)10/h65H,14-16H2,1-13H3. The Bertz CT molecular complexity index is 4450. The third-order valence-corrected chi connectivity index (χ3v) is 321. The fourth-order valence-electron chi connectivity index (χ4n) is 6.76. The van der Waals surface area contributed by atoms with Gasteiger partial charge >= 0.3 is 317 Å². The minimum atomic E-state index is -4.76. The maximum atomic E-state index is 13.4. The van der Waals surface area contributed by atoms with Crippen LogP contribution in [0.3, 0.4) is 0 Å². The van der Waals surface area contributed by atoms with Crippen LogP contribution in [0.25, 0.3) is 0 Å². The lowest BCUT2D eigenvalue weighted by atomic mass is 9.94. The highest BCUT2D eigenvalue weighted by Crippen LogP contribution is 2.24. The van der Waals surface area contributed by atoms with Crippen LogP contribution in [0, 0.1) is 5.41 Å². The number of rotatable bonds is 51. The van der Waals surface area contributed by atoms with Gasteiger partial charge in [0.2, 0.25) is 0 Å². The van der Waals surface area contributed by atoms with Crippen LogP contribution in [0.2, 0.25) is 71.5 Å². The molecule has 106 heavy (non-hydrogen) atoms. The summed E-state index contributed by atoms with van der Waals surface area (Å²) in [6.07, 6.45) is 0.0944. The van der Waals surface area contributed by atoms with Crippen molar-refractivity contribution in [2.24, 2.45) is 5.41 Å². The van der Waals surface area contributed by atoms with E-state index in [1.165, 1.54) is 40.0 Å². The van der Waals surface area contributed by atoms with E-state index in [1.807, 2.05) is 0 Å². The van der Waals surface area contributed by atoms with Gasteiger partial charge in [0.15, 0.2) is 13.7 Å². The highest BCUT2D eigenvalue weighted by Gasteiger charge is 2.61. The SMILES string of the molecule is COC(=O)C(C)(C)C(=O)OCCC[Si](C)(O[SiH](C)O[Si](=O)[Si](=O)[Si](=O)[Si](=O)[Si](=O)[Si](=O)[Si](=O)[Si](=O)[Si](=O)[Si](=O)[Si](=O)[Si](=O)[Si](=O)[Si](=O)[Si](=O)[Si](=O)[Si](=O)[Si](=O)[Si](C)(C)O[Si](=O)[Si](=O)[Si](=O)[Si](=O)[Si](=O)[Si](=O)[Si](=O)[Si](=O)[Si](=O)[Si](=O)[Si](=O)[Si](=O)[Si](=O)[Si](=O)[Si](=O)[Si](=O)[Si](=O)[Si](=O)[Si](=O)[Si](C)(C)C)O[Si](C)(C)C. The summed E-state index contributed by atoms with van der Waals surface area (Å²) in [5, 5.41) is 0. The molecule has 87 heteroatoms. The summed E-state index contributed by atoms with van der Waals surface area (Å²) in [7, 11) is -182. The minimum absolute atomic E-state index is 0.0911. The molecular weight excluding hydrogens is 2130 g/mol. The Morgan fingerprint density at radius 1 is 0.321 bits per heavy atom. The number of ether oxygens (including phenoxy) is 2. The fraction of sp³-hybridized carbons (Fsp3) is 0.895. The maximum absolute atomic E-state index is 13.4. The molecule has 2 atom stereocenters. The molecule has 0 aromatic carbocycles. The van der Waals surface area contributed by atoms with Crippen LogP contribution >= 0.6 is 0 Å². The highest BCUT2D eigenvalue weighted by molar-refractivity contribution is 7.85. The lowest BCUT2D eigenvalue weighted by Gasteiger charge is -2.35. The predicted octanol–water partition coefficient (Wildman–Crippen LogP) is -14.0. The third-order valence-electron chi connectivity index (χ3n) is 12.2. The van der Waals surface area contributed by atoms with Gasteiger partial charge in [-0.1, -0.05) is 19.6 Å². The van der Waals surface area contributed by atoms with Crippen LogP contribution in [-0.4, -0.2) is 354 Å². The first-order valence-corrected chi connectivity index (χ1v) is 131. The van der Waals surface area contributed by atoms with Gasteiger partial charge in [-0.15, -0.1) is 0 Å². The molecule has 0 aliphatic rings. The molecule has 560 valence electrons. The first-order chi connectivity index (χ1) is 47.8. The van der Waals surface area contributed by atoms with E-state index >= 15 is 0 Å². The van der Waals surface area contributed by atoms with Crippen LogP contribution in [0.1, 0.15) is 20.3 Å². The first kappa shape index (κ1) is 106. The first-order valence-electron chi connectivity index (χ1n) is 27.9. The molecular formula is C19H46O45Si42. The van der Waals surface area contributed by atoms with Gasteiger partial charge in [-0.25, -0.2) is 0 Å². The molecule has 0 aliphatic carbocycles. The molecule has 0 aliphatic heterocycles. The molecule has 0 aromatic rings. The van der Waals surface area contributed by atoms with Crippen molar-refractivity contribution in [3.05, 3.63) is 0 Å². The van der Waals surface area contributed by atoms with E-state index < -0.39 is 346 Å². The van der Waals surface area contributed by atoms with E-state index in [2.05, 4.69) is 4.74 Å². The Labute approximate surface area is 645 Å². The maximum Gasteiger partial charge on any atom is 0.533 e. The van der Waals surface area contributed by atoms with Crippen LogP contribution in [0.15, 0.2) is 0 Å². The lowest BCUT2D eigenvalue weighted by Crippen LogP contribution is -2.59. The predicted molar refractivity (Wildman–Crippen MR) is 378 cm³/mol. The average Bonchev–Trinajstić information content (AvgIpc) is 0.815. The molecule has 0 amide bonds. The van der Waals surface area contributed by atoms with Crippen molar-refractivity contribution in [1.82, 2.24) is 0 Å². The van der Waals surface area contributed by atoms with Crippen molar-refractivity contribution in [2.45, 2.75) is 91.8 Å². The molecule has 0 bridgehead atoms. The van der Waals surface area contributed by atoms with E-state index in [0.29, 0.717) is 13.1 Å². The van der Waals surface area contributed by atoms with Crippen molar-refractivity contribution in [3.8, 4) is 0 Å². The zero-order chi connectivity index (χ0) is 84.0. The Balaban J connectivity index is 5.99. The van der Waals surface area contributed by atoms with Gasteiger partial charge in [0, 0.05) is 0 Å². The van der Waals surface area contributed by atoms with Gasteiger partial charge in [0.1, 0.15) is 7.59 Å². The van der Waals surface area contributed by atoms with Gasteiger partial charge in [-0.3, -0.25) is 9.59 Å². The van der Waals surface area contributed by atoms with Gasteiger partial charge < -0.3 is 191 Å². The molecule has 0 rings (SSSR count). The quantitative estimate of drug-likeness (QED) is 0.0236. The molecule has 0 fully saturated rings. The van der Waals surface area contributed by atoms with Crippen LogP contribution in [-0.2, 0) is 201 Å². The summed E-state index contributed by atoms with van der Waals surface area (Å²) in [6, 6.07) is 0.0911. The molecule has 45 nitrogen and oxygen atoms in total. The largest absolute Gasteiger partial charge is 0.575 e. The summed E-state index contributed by atoms with van der Waals surface area (Å²) in [6.45, 7) is 16.1. The number of hydrogen-bond acceptors (Lipinski definition) is 45. The second-order valence-electron chi connectivity index (χ2n) is 23.5. The summed E-state index contributed by atoms with van der Waals surface area (Å²) in [5.74, 6) is -1.79. The zero-order valence-electron chi connectivity index (χ0n) is 56.1. The number of methoxy groups -OCH3 is 1. The van der Waals surface area contributed by atoms with Gasteiger partial charge in [0.25, 0.3) is 7.83 Å². The Hall–Kier alpha value is 0.169. The van der Waals surface area contributed by atoms with E-state index in [0.717, 1.165) is 7.11 Å².